The Hall–Kier alpha value is -11.0. The molecule has 0 radical (unpaired) electrons. The van der Waals surface area contributed by atoms with Gasteiger partial charge in [0, 0.05) is 19.5 Å². The number of thiophene rings is 2. The Morgan fingerprint density at radius 1 is 0.170 bits per heavy atom. The molecule has 0 bridgehead atoms. The summed E-state index contributed by atoms with van der Waals surface area (Å²) in [5.74, 6) is 0. The Labute approximate surface area is 635 Å². The molecule has 0 N–H and O–H groups in total. The van der Waals surface area contributed by atoms with Crippen LogP contribution in [0.3, 0.4) is 0 Å². The van der Waals surface area contributed by atoms with E-state index in [1.807, 2.05) is 22.7 Å². The van der Waals surface area contributed by atoms with Crippen molar-refractivity contribution in [2.24, 2.45) is 0 Å². The largest absolute Gasteiger partial charge is 0.135 e. The molecule has 0 spiro atoms. The lowest BCUT2D eigenvalue weighted by atomic mass is 9.97. The molecular formula is C104H88S2. The maximum atomic E-state index is 2.40. The van der Waals surface area contributed by atoms with E-state index >= 15 is 0 Å². The van der Waals surface area contributed by atoms with Crippen LogP contribution in [-0.4, -0.2) is 0 Å². The third kappa shape index (κ3) is 12.9. The van der Waals surface area contributed by atoms with Crippen LogP contribution in [0, 0.1) is 0 Å². The van der Waals surface area contributed by atoms with E-state index in [1.54, 1.807) is 0 Å². The fourth-order valence-corrected chi connectivity index (χ4v) is 18.3. The van der Waals surface area contributed by atoms with Gasteiger partial charge in [-0.1, -0.05) is 298 Å². The second-order valence-electron chi connectivity index (χ2n) is 28.9. The number of hydrogen-bond donors (Lipinski definition) is 0. The molecule has 4 aliphatic carbocycles. The summed E-state index contributed by atoms with van der Waals surface area (Å²) in [5.41, 5.74) is 48.1. The van der Waals surface area contributed by atoms with Crippen LogP contribution in [-0.2, 0) is 51.4 Å². The minimum atomic E-state index is 1.04. The normalized spacial score (nSPS) is 12.4. The molecule has 106 heavy (non-hydrogen) atoms. The van der Waals surface area contributed by atoms with Gasteiger partial charge < -0.3 is 0 Å². The molecule has 0 nitrogen and oxygen atoms in total. The highest BCUT2D eigenvalue weighted by Gasteiger charge is 2.29. The van der Waals surface area contributed by atoms with Crippen molar-refractivity contribution in [3.63, 3.8) is 0 Å². The van der Waals surface area contributed by atoms with Crippen molar-refractivity contribution in [1.29, 1.82) is 0 Å². The van der Waals surface area contributed by atoms with Crippen molar-refractivity contribution >= 4 is 69.3 Å². The van der Waals surface area contributed by atoms with Crippen LogP contribution >= 0.6 is 22.7 Å². The Balaban J connectivity index is 0.000000156. The third-order valence-corrected chi connectivity index (χ3v) is 25.0. The average molecular weight is 1400 g/mol. The van der Waals surface area contributed by atoms with Crippen molar-refractivity contribution in [2.75, 3.05) is 0 Å². The van der Waals surface area contributed by atoms with E-state index in [2.05, 4.69) is 347 Å². The zero-order valence-electron chi connectivity index (χ0n) is 62.2. The maximum absolute atomic E-state index is 2.40. The van der Waals surface area contributed by atoms with Gasteiger partial charge in [0.15, 0.2) is 0 Å². The summed E-state index contributed by atoms with van der Waals surface area (Å²) in [6.45, 7) is 17.9. The number of hydrogen-bond acceptors (Lipinski definition) is 2. The standard InChI is InChI=1S/2C52H44S/c2*1-5-33-13-21-41-42-22-14-34(6-2)28-46(42)49(45(41)27-33)31-37-9-17-39(18-10-37)51-25-26-52(53-51)40-19-11-38(12-20-40)32-50-47-29-35(7-3)15-23-43(47)44-24-16-36(8-4)30-48(44)50/h2*9-32H,5-8H2,1-4H3. The van der Waals surface area contributed by atoms with Crippen LogP contribution in [0.4, 0.5) is 0 Å². The second-order valence-corrected chi connectivity index (χ2v) is 31.1. The van der Waals surface area contributed by atoms with Gasteiger partial charge in [0.2, 0.25) is 0 Å². The summed E-state index contributed by atoms with van der Waals surface area (Å²) >= 11 is 3.73. The van der Waals surface area contributed by atoms with Crippen LogP contribution in [0.2, 0.25) is 0 Å². The maximum Gasteiger partial charge on any atom is 0.0349 e. The Morgan fingerprint density at radius 3 is 0.462 bits per heavy atom. The molecule has 4 aliphatic rings. The van der Waals surface area contributed by atoms with Gasteiger partial charge in [-0.3, -0.25) is 0 Å². The zero-order valence-corrected chi connectivity index (χ0v) is 63.8. The van der Waals surface area contributed by atoms with Gasteiger partial charge in [-0.25, -0.2) is 0 Å². The molecule has 2 heterocycles. The second kappa shape index (κ2) is 29.2. The van der Waals surface area contributed by atoms with Crippen molar-refractivity contribution in [3.05, 3.63) is 378 Å². The molecule has 0 amide bonds. The van der Waals surface area contributed by atoms with E-state index in [9.17, 15) is 0 Å². The summed E-state index contributed by atoms with van der Waals surface area (Å²) in [4.78, 5) is 5.17. The number of fused-ring (bicyclic) bond motifs is 12. The molecule has 0 saturated heterocycles. The Kier molecular flexibility index (Phi) is 18.7. The topological polar surface area (TPSA) is 0 Å². The molecule has 18 rings (SSSR count). The summed E-state index contributed by atoms with van der Waals surface area (Å²) < 4.78 is 0. The van der Waals surface area contributed by atoms with Gasteiger partial charge >= 0.3 is 0 Å². The number of benzene rings is 12. The van der Waals surface area contributed by atoms with E-state index in [-0.39, 0.29) is 0 Å². The zero-order chi connectivity index (χ0) is 72.1. The van der Waals surface area contributed by atoms with Crippen molar-refractivity contribution in [1.82, 2.24) is 0 Å². The fourth-order valence-electron chi connectivity index (χ4n) is 16.3. The van der Waals surface area contributed by atoms with Gasteiger partial charge in [0.05, 0.1) is 0 Å². The minimum Gasteiger partial charge on any atom is -0.135 e. The lowest BCUT2D eigenvalue weighted by Gasteiger charge is -2.07. The SMILES string of the molecule is CCc1ccc2c(c1)C(=Cc1ccc(-c3ccc(-c4ccc(C=C5c6cc(CC)ccc6-c6ccc(CC)cc65)cc4)s3)cc1)c1cc(CC)ccc1-2.CCc1ccc2c(c1)C(=Cc1ccc(-c3ccc(-c4ccc(C=C5c6cc(CC)ccc6-c6ccc(CC)cc65)cc4)s3)cc1)c1cc(CC)ccc1-2. The molecule has 2 aromatic heterocycles. The lowest BCUT2D eigenvalue weighted by molar-refractivity contribution is 1.14. The first kappa shape index (κ1) is 68.1. The number of rotatable bonds is 16. The minimum absolute atomic E-state index is 1.04. The van der Waals surface area contributed by atoms with E-state index in [4.69, 9.17) is 0 Å². The molecule has 14 aromatic rings. The molecule has 0 aliphatic heterocycles. The van der Waals surface area contributed by atoms with Crippen molar-refractivity contribution in [3.8, 4) is 86.3 Å². The third-order valence-electron chi connectivity index (χ3n) is 22.7. The van der Waals surface area contributed by atoms with Crippen molar-refractivity contribution < 1.29 is 0 Å². The van der Waals surface area contributed by atoms with Gasteiger partial charge in [-0.05, 0) is 300 Å². The predicted molar refractivity (Wildman–Crippen MR) is 461 cm³/mol. The fraction of sp³-hybridized carbons (Fsp3) is 0.154. The number of aryl methyl sites for hydroxylation is 8. The van der Waals surface area contributed by atoms with Gasteiger partial charge in [0.25, 0.3) is 0 Å². The van der Waals surface area contributed by atoms with Crippen LogP contribution < -0.4 is 0 Å². The molecular weight excluding hydrogens is 1310 g/mol. The van der Waals surface area contributed by atoms with Crippen LogP contribution in [0.15, 0.2) is 267 Å². The van der Waals surface area contributed by atoms with Gasteiger partial charge in [-0.15, -0.1) is 22.7 Å². The Morgan fingerprint density at radius 2 is 0.321 bits per heavy atom. The molecule has 0 saturated carbocycles. The molecule has 0 fully saturated rings. The Bertz CT molecular complexity index is 4920. The van der Waals surface area contributed by atoms with Crippen LogP contribution in [0.25, 0.3) is 133 Å². The van der Waals surface area contributed by atoms with Crippen molar-refractivity contribution in [2.45, 2.75) is 107 Å². The predicted octanol–water partition coefficient (Wildman–Crippen LogP) is 28.9. The highest BCUT2D eigenvalue weighted by atomic mass is 32.1. The monoisotopic (exact) mass is 1400 g/mol. The van der Waals surface area contributed by atoms with E-state index in [1.165, 1.54) is 220 Å². The van der Waals surface area contributed by atoms with E-state index in [0.29, 0.717) is 0 Å². The summed E-state index contributed by atoms with van der Waals surface area (Å²) in [5, 5.41) is 0. The van der Waals surface area contributed by atoms with Crippen LogP contribution in [0.5, 0.6) is 0 Å². The first-order chi connectivity index (χ1) is 52.1. The molecule has 516 valence electrons. The summed E-state index contributed by atoms with van der Waals surface area (Å²) in [7, 11) is 0. The average Bonchev–Trinajstić information content (AvgIpc) is 1.62. The first-order valence-corrected chi connectivity index (χ1v) is 40.3. The van der Waals surface area contributed by atoms with E-state index in [0.717, 1.165) is 51.4 Å². The smallest absolute Gasteiger partial charge is 0.0349 e. The quantitative estimate of drug-likeness (QED) is 0.0904. The molecule has 0 atom stereocenters. The first-order valence-electron chi connectivity index (χ1n) is 38.6. The highest BCUT2D eigenvalue weighted by Crippen LogP contribution is 2.51. The summed E-state index contributed by atoms with van der Waals surface area (Å²) in [6, 6.07) is 102. The van der Waals surface area contributed by atoms with Gasteiger partial charge in [-0.2, -0.15) is 0 Å². The highest BCUT2D eigenvalue weighted by molar-refractivity contribution is 7.19. The van der Waals surface area contributed by atoms with E-state index < -0.39 is 0 Å². The van der Waals surface area contributed by atoms with Crippen LogP contribution in [0.1, 0.15) is 167 Å². The van der Waals surface area contributed by atoms with Gasteiger partial charge in [0.1, 0.15) is 0 Å². The lowest BCUT2D eigenvalue weighted by Crippen LogP contribution is -1.87. The summed E-state index contributed by atoms with van der Waals surface area (Å²) in [6.07, 6.45) is 17.9. The molecule has 12 aromatic carbocycles. The molecule has 0 unspecified atom stereocenters. The molecule has 2 heteroatoms.